The van der Waals surface area contributed by atoms with E-state index in [1.807, 2.05) is 13.8 Å². The smallest absolute Gasteiger partial charge is 0.162 e. The molecule has 12 heavy (non-hydrogen) atoms. The van der Waals surface area contributed by atoms with Gasteiger partial charge in [-0.3, -0.25) is 0 Å². The van der Waals surface area contributed by atoms with E-state index in [1.165, 1.54) is 0 Å². The summed E-state index contributed by atoms with van der Waals surface area (Å²) in [6.07, 6.45) is 0.566. The molecule has 0 N–H and O–H groups in total. The van der Waals surface area contributed by atoms with Gasteiger partial charge in [0, 0.05) is 12.3 Å². The van der Waals surface area contributed by atoms with Gasteiger partial charge in [-0.2, -0.15) is 0 Å². The molecule has 0 bridgehead atoms. The maximum absolute atomic E-state index is 10.8. The lowest BCUT2D eigenvalue weighted by Gasteiger charge is -2.34. The Kier molecular flexibility index (Phi) is 2.85. The van der Waals surface area contributed by atoms with Gasteiger partial charge in [-0.1, -0.05) is 0 Å². The molecule has 0 amide bonds. The van der Waals surface area contributed by atoms with Crippen molar-refractivity contribution in [1.29, 1.82) is 0 Å². The minimum Gasteiger partial charge on any atom is -0.350 e. The van der Waals surface area contributed by atoms with Gasteiger partial charge in [-0.25, -0.2) is 0 Å². The van der Waals surface area contributed by atoms with Crippen LogP contribution in [0.25, 0.3) is 0 Å². The van der Waals surface area contributed by atoms with Crippen LogP contribution in [0.4, 0.5) is 0 Å². The van der Waals surface area contributed by atoms with Crippen molar-refractivity contribution >= 4 is 5.78 Å². The van der Waals surface area contributed by atoms with Crippen LogP contribution in [-0.2, 0) is 14.3 Å². The summed E-state index contributed by atoms with van der Waals surface area (Å²) in [5.74, 6) is -0.0183. The molecule has 0 aromatic carbocycles. The summed E-state index contributed by atoms with van der Waals surface area (Å²) in [6.45, 7) is 6.63. The predicted molar refractivity (Wildman–Crippen MR) is 44.8 cm³/mol. The van der Waals surface area contributed by atoms with Crippen molar-refractivity contribution in [3.63, 3.8) is 0 Å². The third kappa shape index (κ3) is 2.91. The molecule has 0 atom stereocenters. The van der Waals surface area contributed by atoms with Gasteiger partial charge in [0.2, 0.25) is 0 Å². The highest BCUT2D eigenvalue weighted by atomic mass is 16.7. The van der Waals surface area contributed by atoms with Crippen molar-refractivity contribution < 1.29 is 14.3 Å². The van der Waals surface area contributed by atoms with Gasteiger partial charge in [0.25, 0.3) is 0 Å². The second kappa shape index (κ2) is 3.54. The van der Waals surface area contributed by atoms with Gasteiger partial charge in [0.05, 0.1) is 13.2 Å². The second-order valence-electron chi connectivity index (χ2n) is 3.79. The molecule has 0 aromatic heterocycles. The Hall–Kier alpha value is -0.410. The number of hydrogen-bond acceptors (Lipinski definition) is 3. The number of hydrogen-bond donors (Lipinski definition) is 0. The second-order valence-corrected chi connectivity index (χ2v) is 3.79. The number of Topliss-reactive ketones (excluding diaryl/α,β-unsaturated/α-hetero) is 1. The summed E-state index contributed by atoms with van der Waals surface area (Å²) in [4.78, 5) is 10.8. The highest BCUT2D eigenvalue weighted by molar-refractivity contribution is 5.75. The fourth-order valence-electron chi connectivity index (χ4n) is 1.25. The average molecular weight is 172 g/mol. The zero-order valence-corrected chi connectivity index (χ0v) is 7.92. The lowest BCUT2D eigenvalue weighted by Crippen LogP contribution is -2.39. The van der Waals surface area contributed by atoms with Gasteiger partial charge in [0.15, 0.2) is 5.79 Å². The van der Waals surface area contributed by atoms with E-state index in [4.69, 9.17) is 9.47 Å². The molecule has 0 radical (unpaired) electrons. The molecule has 0 saturated carbocycles. The molecule has 0 aromatic rings. The number of carbonyl (C=O) groups is 1. The van der Waals surface area contributed by atoms with Gasteiger partial charge >= 0.3 is 0 Å². The Morgan fingerprint density at radius 2 is 1.92 bits per heavy atom. The van der Waals surface area contributed by atoms with E-state index in [0.29, 0.717) is 19.6 Å². The van der Waals surface area contributed by atoms with Crippen LogP contribution < -0.4 is 0 Å². The van der Waals surface area contributed by atoms with Crippen LogP contribution >= 0.6 is 0 Å². The van der Waals surface area contributed by atoms with Crippen LogP contribution in [0.3, 0.4) is 0 Å². The Bertz CT molecular complexity index is 165. The van der Waals surface area contributed by atoms with Crippen LogP contribution in [0.1, 0.15) is 27.2 Å². The Morgan fingerprint density at radius 3 is 2.33 bits per heavy atom. The normalized spacial score (nSPS) is 23.9. The first-order valence-corrected chi connectivity index (χ1v) is 4.27. The van der Waals surface area contributed by atoms with Crippen molar-refractivity contribution in [3.05, 3.63) is 0 Å². The molecule has 1 fully saturated rings. The summed E-state index contributed by atoms with van der Waals surface area (Å²) >= 11 is 0. The summed E-state index contributed by atoms with van der Waals surface area (Å²) in [7, 11) is 0. The Labute approximate surface area is 73.0 Å². The van der Waals surface area contributed by atoms with Crippen LogP contribution in [-0.4, -0.2) is 24.8 Å². The number of carbonyl (C=O) groups excluding carboxylic acids is 1. The fourth-order valence-corrected chi connectivity index (χ4v) is 1.25. The molecule has 1 aliphatic rings. The average Bonchev–Trinajstić information content (AvgIpc) is 1.93. The van der Waals surface area contributed by atoms with Crippen molar-refractivity contribution in [1.82, 2.24) is 0 Å². The standard InChI is InChI=1S/C9H16O3/c1-7(10)4-8-5-11-9(2,3)12-6-8/h8H,4-6H2,1-3H3. The van der Waals surface area contributed by atoms with E-state index >= 15 is 0 Å². The first-order chi connectivity index (χ1) is 5.49. The van der Waals surface area contributed by atoms with Crippen LogP contribution in [0.15, 0.2) is 0 Å². The highest BCUT2D eigenvalue weighted by Crippen LogP contribution is 2.22. The first kappa shape index (κ1) is 9.68. The topological polar surface area (TPSA) is 35.5 Å². The largest absolute Gasteiger partial charge is 0.350 e. The molecular weight excluding hydrogens is 156 g/mol. The molecule has 3 nitrogen and oxygen atoms in total. The third-order valence-corrected chi connectivity index (χ3v) is 1.91. The number of ether oxygens (including phenoxy) is 2. The van der Waals surface area contributed by atoms with Crippen molar-refractivity contribution in [2.45, 2.75) is 33.0 Å². The van der Waals surface area contributed by atoms with E-state index in [0.717, 1.165) is 0 Å². The van der Waals surface area contributed by atoms with E-state index in [2.05, 4.69) is 0 Å². The lowest BCUT2D eigenvalue weighted by molar-refractivity contribution is -0.262. The zero-order chi connectivity index (χ0) is 9.19. The summed E-state index contributed by atoms with van der Waals surface area (Å²) < 4.78 is 10.8. The van der Waals surface area contributed by atoms with Crippen molar-refractivity contribution in [2.75, 3.05) is 13.2 Å². The van der Waals surface area contributed by atoms with Gasteiger partial charge < -0.3 is 14.3 Å². The quantitative estimate of drug-likeness (QED) is 0.631. The van der Waals surface area contributed by atoms with E-state index in [1.54, 1.807) is 6.92 Å². The molecule has 0 unspecified atom stereocenters. The van der Waals surface area contributed by atoms with Crippen LogP contribution in [0.2, 0.25) is 0 Å². The minimum atomic E-state index is -0.465. The monoisotopic (exact) mass is 172 g/mol. The lowest BCUT2D eigenvalue weighted by atomic mass is 10.0. The first-order valence-electron chi connectivity index (χ1n) is 4.27. The highest BCUT2D eigenvalue weighted by Gasteiger charge is 2.28. The summed E-state index contributed by atoms with van der Waals surface area (Å²) in [5.41, 5.74) is 0. The summed E-state index contributed by atoms with van der Waals surface area (Å²) in [5, 5.41) is 0. The van der Waals surface area contributed by atoms with E-state index < -0.39 is 5.79 Å². The Balaban J connectivity index is 2.31. The number of ketones is 1. The van der Waals surface area contributed by atoms with Gasteiger partial charge in [0.1, 0.15) is 5.78 Å². The van der Waals surface area contributed by atoms with E-state index in [-0.39, 0.29) is 11.7 Å². The van der Waals surface area contributed by atoms with E-state index in [9.17, 15) is 4.79 Å². The number of rotatable bonds is 2. The maximum atomic E-state index is 10.8. The fraction of sp³-hybridized carbons (Fsp3) is 0.889. The van der Waals surface area contributed by atoms with Crippen molar-refractivity contribution in [2.24, 2.45) is 5.92 Å². The predicted octanol–water partition coefficient (Wildman–Crippen LogP) is 1.36. The Morgan fingerprint density at radius 1 is 1.42 bits per heavy atom. The zero-order valence-electron chi connectivity index (χ0n) is 7.92. The SMILES string of the molecule is CC(=O)CC1COC(C)(C)OC1. The molecule has 1 saturated heterocycles. The maximum Gasteiger partial charge on any atom is 0.162 e. The molecule has 0 spiro atoms. The molecule has 1 aliphatic heterocycles. The molecule has 1 heterocycles. The van der Waals surface area contributed by atoms with Crippen LogP contribution in [0.5, 0.6) is 0 Å². The molecule has 3 heteroatoms. The third-order valence-electron chi connectivity index (χ3n) is 1.91. The van der Waals surface area contributed by atoms with Gasteiger partial charge in [-0.15, -0.1) is 0 Å². The van der Waals surface area contributed by atoms with Crippen molar-refractivity contribution in [3.8, 4) is 0 Å². The molecule has 70 valence electrons. The summed E-state index contributed by atoms with van der Waals surface area (Å²) in [6, 6.07) is 0. The van der Waals surface area contributed by atoms with Gasteiger partial charge in [-0.05, 0) is 20.8 Å². The minimum absolute atomic E-state index is 0.201. The molecule has 0 aliphatic carbocycles. The molecule has 1 rings (SSSR count). The van der Waals surface area contributed by atoms with Crippen LogP contribution in [0, 0.1) is 5.92 Å². The molecular formula is C9H16O3.